The van der Waals surface area contributed by atoms with E-state index in [0.29, 0.717) is 16.8 Å². The van der Waals surface area contributed by atoms with Crippen molar-refractivity contribution in [3.05, 3.63) is 59.1 Å². The third-order valence-corrected chi connectivity index (χ3v) is 3.36. The van der Waals surface area contributed by atoms with E-state index in [1.807, 2.05) is 31.2 Å². The Bertz CT molecular complexity index is 775. The maximum Gasteiger partial charge on any atom is 0.259 e. The van der Waals surface area contributed by atoms with E-state index in [9.17, 15) is 4.79 Å². The number of hydrogen-bond donors (Lipinski definition) is 1. The summed E-state index contributed by atoms with van der Waals surface area (Å²) in [5, 5.41) is 3.82. The summed E-state index contributed by atoms with van der Waals surface area (Å²) in [6, 6.07) is 9.15. The number of anilines is 1. The molecule has 0 unspecified atom stereocenters. The summed E-state index contributed by atoms with van der Waals surface area (Å²) < 4.78 is 5.36. The number of halogens is 1. The van der Waals surface area contributed by atoms with Crippen molar-refractivity contribution in [3.63, 3.8) is 0 Å². The summed E-state index contributed by atoms with van der Waals surface area (Å²) in [4.78, 5) is 16.3. The van der Waals surface area contributed by atoms with E-state index < -0.39 is 0 Å². The van der Waals surface area contributed by atoms with Crippen LogP contribution in [-0.2, 0) is 0 Å². The maximum absolute atomic E-state index is 12.3. The molecule has 0 atom stereocenters. The van der Waals surface area contributed by atoms with Crippen molar-refractivity contribution >= 4 is 34.2 Å². The minimum atomic E-state index is -0.270. The number of aromatic nitrogens is 1. The Balaban J connectivity index is 1.98. The molecule has 0 aliphatic carbocycles. The molecule has 1 N–H and O–H groups in total. The monoisotopic (exact) mass is 286 g/mol. The van der Waals surface area contributed by atoms with Gasteiger partial charge in [-0.1, -0.05) is 29.8 Å². The smallest absolute Gasteiger partial charge is 0.259 e. The lowest BCUT2D eigenvalue weighted by Gasteiger charge is -2.08. The Morgan fingerprint density at radius 3 is 2.90 bits per heavy atom. The zero-order chi connectivity index (χ0) is 14.1. The van der Waals surface area contributed by atoms with Crippen LogP contribution in [-0.4, -0.2) is 10.9 Å². The van der Waals surface area contributed by atoms with Crippen LogP contribution in [0, 0.1) is 6.92 Å². The minimum Gasteiger partial charge on any atom is -0.463 e. The molecule has 0 radical (unpaired) electrons. The summed E-state index contributed by atoms with van der Waals surface area (Å²) in [6.45, 7) is 1.86. The Hall–Kier alpha value is -2.33. The van der Waals surface area contributed by atoms with Crippen LogP contribution in [0.3, 0.4) is 0 Å². The normalized spacial score (nSPS) is 10.7. The second-order valence-electron chi connectivity index (χ2n) is 4.39. The van der Waals surface area contributed by atoms with Gasteiger partial charge in [0.2, 0.25) is 0 Å². The zero-order valence-corrected chi connectivity index (χ0v) is 11.4. The lowest BCUT2D eigenvalue weighted by Crippen LogP contribution is -2.13. The van der Waals surface area contributed by atoms with Crippen molar-refractivity contribution in [2.24, 2.45) is 0 Å². The van der Waals surface area contributed by atoms with Crippen LogP contribution in [0.2, 0.25) is 5.15 Å². The topological polar surface area (TPSA) is 55.1 Å². The largest absolute Gasteiger partial charge is 0.463 e. The molecule has 3 rings (SSSR count). The van der Waals surface area contributed by atoms with E-state index in [1.165, 1.54) is 6.26 Å². The second-order valence-corrected chi connectivity index (χ2v) is 4.75. The number of rotatable bonds is 2. The Labute approximate surface area is 120 Å². The molecule has 0 spiro atoms. The number of pyridine rings is 1. The number of amides is 1. The molecule has 1 amide bonds. The van der Waals surface area contributed by atoms with E-state index in [4.69, 9.17) is 16.0 Å². The second kappa shape index (κ2) is 4.98. The fourth-order valence-corrected chi connectivity index (χ4v) is 2.26. The Morgan fingerprint density at radius 2 is 2.10 bits per heavy atom. The number of fused-ring (bicyclic) bond motifs is 1. The van der Waals surface area contributed by atoms with Crippen molar-refractivity contribution in [3.8, 4) is 0 Å². The molecule has 3 aromatic rings. The maximum atomic E-state index is 12.3. The van der Waals surface area contributed by atoms with E-state index in [0.717, 1.165) is 10.9 Å². The number of para-hydroxylation sites is 1. The SMILES string of the molecule is Cc1ccnc(Cl)c1NC(=O)c1coc2ccccc12. The van der Waals surface area contributed by atoms with Gasteiger partial charge in [0.25, 0.3) is 5.91 Å². The van der Waals surface area contributed by atoms with Gasteiger partial charge < -0.3 is 9.73 Å². The number of carbonyl (C=O) groups excluding carboxylic acids is 1. The van der Waals surface area contributed by atoms with Gasteiger partial charge in [0.1, 0.15) is 11.8 Å². The molecule has 20 heavy (non-hydrogen) atoms. The van der Waals surface area contributed by atoms with Gasteiger partial charge >= 0.3 is 0 Å². The number of aryl methyl sites for hydroxylation is 1. The van der Waals surface area contributed by atoms with E-state index in [1.54, 1.807) is 12.3 Å². The quantitative estimate of drug-likeness (QED) is 0.723. The first kappa shape index (κ1) is 12.7. The van der Waals surface area contributed by atoms with Crippen molar-refractivity contribution in [2.45, 2.75) is 6.92 Å². The van der Waals surface area contributed by atoms with Crippen molar-refractivity contribution in [2.75, 3.05) is 5.32 Å². The highest BCUT2D eigenvalue weighted by Crippen LogP contribution is 2.26. The third-order valence-electron chi connectivity index (χ3n) is 3.08. The molecular weight excluding hydrogens is 276 g/mol. The van der Waals surface area contributed by atoms with Crippen LogP contribution < -0.4 is 5.32 Å². The highest BCUT2D eigenvalue weighted by Gasteiger charge is 2.16. The molecule has 4 nitrogen and oxygen atoms in total. The molecule has 0 bridgehead atoms. The van der Waals surface area contributed by atoms with Gasteiger partial charge in [0, 0.05) is 11.6 Å². The average Bonchev–Trinajstić information content (AvgIpc) is 2.87. The molecule has 100 valence electrons. The summed E-state index contributed by atoms with van der Waals surface area (Å²) in [6.07, 6.45) is 3.04. The highest BCUT2D eigenvalue weighted by atomic mass is 35.5. The highest BCUT2D eigenvalue weighted by molar-refractivity contribution is 6.33. The van der Waals surface area contributed by atoms with Crippen molar-refractivity contribution < 1.29 is 9.21 Å². The lowest BCUT2D eigenvalue weighted by atomic mass is 10.1. The first-order valence-electron chi connectivity index (χ1n) is 6.05. The van der Waals surface area contributed by atoms with E-state index >= 15 is 0 Å². The van der Waals surface area contributed by atoms with Crippen LogP contribution >= 0.6 is 11.6 Å². The molecule has 0 saturated heterocycles. The molecule has 1 aromatic carbocycles. The van der Waals surface area contributed by atoms with Gasteiger partial charge in [-0.05, 0) is 24.6 Å². The van der Waals surface area contributed by atoms with E-state index in [-0.39, 0.29) is 11.1 Å². The van der Waals surface area contributed by atoms with Gasteiger partial charge in [-0.3, -0.25) is 4.79 Å². The third kappa shape index (κ3) is 2.14. The first-order chi connectivity index (χ1) is 9.66. The van der Waals surface area contributed by atoms with E-state index in [2.05, 4.69) is 10.3 Å². The summed E-state index contributed by atoms with van der Waals surface area (Å²) in [7, 11) is 0. The van der Waals surface area contributed by atoms with Crippen molar-refractivity contribution in [1.82, 2.24) is 4.98 Å². The lowest BCUT2D eigenvalue weighted by molar-refractivity contribution is 0.102. The zero-order valence-electron chi connectivity index (χ0n) is 10.7. The average molecular weight is 287 g/mol. The van der Waals surface area contributed by atoms with Crippen LogP contribution in [0.25, 0.3) is 11.0 Å². The van der Waals surface area contributed by atoms with Crippen LogP contribution in [0.4, 0.5) is 5.69 Å². The molecule has 0 aliphatic rings. The number of nitrogens with zero attached hydrogens (tertiary/aromatic N) is 1. The molecule has 2 aromatic heterocycles. The van der Waals surface area contributed by atoms with Crippen molar-refractivity contribution in [1.29, 1.82) is 0 Å². The van der Waals surface area contributed by atoms with Gasteiger partial charge in [-0.2, -0.15) is 0 Å². The molecule has 0 fully saturated rings. The number of benzene rings is 1. The number of furan rings is 1. The fraction of sp³-hybridized carbons (Fsp3) is 0.0667. The summed E-state index contributed by atoms with van der Waals surface area (Å²) >= 11 is 6.00. The molecule has 5 heteroatoms. The summed E-state index contributed by atoms with van der Waals surface area (Å²) in [5.41, 5.74) is 2.52. The predicted molar refractivity (Wildman–Crippen MR) is 78.2 cm³/mol. The van der Waals surface area contributed by atoms with Gasteiger partial charge in [0.15, 0.2) is 5.15 Å². The Kier molecular flexibility index (Phi) is 3.16. The minimum absolute atomic E-state index is 0.270. The summed E-state index contributed by atoms with van der Waals surface area (Å²) in [5.74, 6) is -0.270. The van der Waals surface area contributed by atoms with Gasteiger partial charge in [0.05, 0.1) is 11.3 Å². The molecular formula is C15H11ClN2O2. The number of nitrogens with one attached hydrogen (secondary N) is 1. The van der Waals surface area contributed by atoms with Crippen LogP contribution in [0.15, 0.2) is 47.2 Å². The first-order valence-corrected chi connectivity index (χ1v) is 6.43. The molecule has 0 saturated carbocycles. The number of carbonyl (C=O) groups is 1. The molecule has 2 heterocycles. The van der Waals surface area contributed by atoms with Gasteiger partial charge in [-0.15, -0.1) is 0 Å². The van der Waals surface area contributed by atoms with Crippen LogP contribution in [0.1, 0.15) is 15.9 Å². The standard InChI is InChI=1S/C15H11ClN2O2/c1-9-6-7-17-14(16)13(9)18-15(19)11-8-20-12-5-3-2-4-10(11)12/h2-8H,1H3,(H,18,19). The fourth-order valence-electron chi connectivity index (χ4n) is 2.01. The number of hydrogen-bond acceptors (Lipinski definition) is 3. The van der Waals surface area contributed by atoms with Crippen LogP contribution in [0.5, 0.6) is 0 Å². The van der Waals surface area contributed by atoms with Gasteiger partial charge in [-0.25, -0.2) is 4.98 Å². The predicted octanol–water partition coefficient (Wildman–Crippen LogP) is 4.04. The Morgan fingerprint density at radius 1 is 1.30 bits per heavy atom. The molecule has 0 aliphatic heterocycles.